The molecule has 1 aliphatic heterocycles. The number of fused-ring (bicyclic) bond motifs is 1. The number of nitrogens with one attached hydrogen (secondary N) is 1. The van der Waals surface area contributed by atoms with Crippen molar-refractivity contribution in [1.29, 1.82) is 0 Å². The third-order valence-electron chi connectivity index (χ3n) is 4.81. The lowest BCUT2D eigenvalue weighted by atomic mass is 10.1. The maximum atomic E-state index is 14.0. The number of carbonyl (C=O) groups is 1. The number of likely N-dealkylation sites (tertiary alicyclic amines) is 1. The van der Waals surface area contributed by atoms with Gasteiger partial charge in [-0.25, -0.2) is 13.8 Å². The van der Waals surface area contributed by atoms with Gasteiger partial charge in [-0.05, 0) is 38.0 Å². The Hall–Kier alpha value is -2.24. The molecule has 1 unspecified atom stereocenters. The summed E-state index contributed by atoms with van der Waals surface area (Å²) < 4.78 is 27.4. The molecular weight excluding hydrogens is 312 g/mol. The molecule has 0 spiro atoms. The number of pyridine rings is 1. The van der Waals surface area contributed by atoms with Crippen molar-refractivity contribution in [3.05, 3.63) is 35.5 Å². The van der Waals surface area contributed by atoms with Crippen molar-refractivity contribution in [2.24, 2.45) is 5.92 Å². The molecule has 1 amide bonds. The third-order valence-corrected chi connectivity index (χ3v) is 4.81. The summed E-state index contributed by atoms with van der Waals surface area (Å²) in [5, 5.41) is 3.87. The van der Waals surface area contributed by atoms with Gasteiger partial charge in [-0.3, -0.25) is 4.79 Å². The smallest absolute Gasteiger partial charge is 0.223 e. The van der Waals surface area contributed by atoms with Gasteiger partial charge in [0, 0.05) is 48.2 Å². The predicted octanol–water partition coefficient (Wildman–Crippen LogP) is 3.24. The van der Waals surface area contributed by atoms with Crippen molar-refractivity contribution in [2.75, 3.05) is 18.4 Å². The van der Waals surface area contributed by atoms with Gasteiger partial charge in [-0.15, -0.1) is 0 Å². The highest BCUT2D eigenvalue weighted by Gasteiger charge is 2.39. The third kappa shape index (κ3) is 2.70. The van der Waals surface area contributed by atoms with Crippen LogP contribution in [0.5, 0.6) is 0 Å². The first-order valence-corrected chi connectivity index (χ1v) is 8.31. The molecule has 0 bridgehead atoms. The first kappa shape index (κ1) is 15.3. The van der Waals surface area contributed by atoms with Crippen LogP contribution < -0.4 is 5.32 Å². The highest BCUT2D eigenvalue weighted by molar-refractivity contribution is 5.92. The van der Waals surface area contributed by atoms with Gasteiger partial charge in [0.15, 0.2) is 11.6 Å². The quantitative estimate of drug-likeness (QED) is 0.935. The van der Waals surface area contributed by atoms with E-state index in [-0.39, 0.29) is 17.3 Å². The van der Waals surface area contributed by atoms with E-state index in [1.807, 2.05) is 11.0 Å². The van der Waals surface area contributed by atoms with E-state index in [0.717, 1.165) is 31.1 Å². The fraction of sp³-hybridized carbons (Fsp3) is 0.444. The number of anilines is 1. The summed E-state index contributed by atoms with van der Waals surface area (Å²) in [6.07, 6.45) is 2.78. The van der Waals surface area contributed by atoms with Crippen LogP contribution >= 0.6 is 0 Å². The van der Waals surface area contributed by atoms with E-state index in [2.05, 4.69) is 10.3 Å². The summed E-state index contributed by atoms with van der Waals surface area (Å²) in [5.41, 5.74) is 1.39. The molecule has 1 aliphatic carbocycles. The lowest BCUT2D eigenvalue weighted by molar-refractivity contribution is -0.128. The second-order valence-corrected chi connectivity index (χ2v) is 6.80. The van der Waals surface area contributed by atoms with Crippen LogP contribution in [0, 0.1) is 24.5 Å². The maximum absolute atomic E-state index is 14.0. The minimum atomic E-state index is -0.921. The minimum Gasteiger partial charge on any atom is -0.384 e. The molecule has 1 N–H and O–H groups in total. The second-order valence-electron chi connectivity index (χ2n) is 6.80. The molecule has 2 aromatic rings. The monoisotopic (exact) mass is 331 g/mol. The Labute approximate surface area is 138 Å². The highest BCUT2D eigenvalue weighted by atomic mass is 19.2. The van der Waals surface area contributed by atoms with Gasteiger partial charge in [0.2, 0.25) is 5.91 Å². The largest absolute Gasteiger partial charge is 0.384 e. The van der Waals surface area contributed by atoms with Crippen molar-refractivity contribution < 1.29 is 13.6 Å². The number of amides is 1. The van der Waals surface area contributed by atoms with Crippen LogP contribution in [0.25, 0.3) is 10.9 Å². The SMILES string of the molecule is Cc1cc(NCC2CC(=O)N(C3CC3)C2)c2ccc(F)c(F)c2n1. The molecule has 0 radical (unpaired) electrons. The molecule has 1 atom stereocenters. The van der Waals surface area contributed by atoms with Crippen molar-refractivity contribution in [2.45, 2.75) is 32.2 Å². The Morgan fingerprint density at radius 3 is 2.88 bits per heavy atom. The Kier molecular flexibility index (Phi) is 3.62. The lowest BCUT2D eigenvalue weighted by Crippen LogP contribution is -2.28. The molecular formula is C18H19F2N3O. The van der Waals surface area contributed by atoms with Crippen LogP contribution in [0.15, 0.2) is 18.2 Å². The fourth-order valence-electron chi connectivity index (χ4n) is 3.45. The van der Waals surface area contributed by atoms with Crippen LogP contribution in [0.1, 0.15) is 25.0 Å². The summed E-state index contributed by atoms with van der Waals surface area (Å²) in [4.78, 5) is 18.1. The van der Waals surface area contributed by atoms with Crippen LogP contribution in [-0.2, 0) is 4.79 Å². The highest BCUT2D eigenvalue weighted by Crippen LogP contribution is 2.33. The normalized spacial score (nSPS) is 20.9. The molecule has 1 aromatic heterocycles. The Balaban J connectivity index is 1.54. The lowest BCUT2D eigenvalue weighted by Gasteiger charge is -2.17. The van der Waals surface area contributed by atoms with Gasteiger partial charge in [0.25, 0.3) is 0 Å². The molecule has 4 nitrogen and oxygen atoms in total. The number of carbonyl (C=O) groups excluding carboxylic acids is 1. The first-order valence-electron chi connectivity index (χ1n) is 8.31. The average Bonchev–Trinajstić information content (AvgIpc) is 3.32. The molecule has 2 heterocycles. The molecule has 2 aliphatic rings. The minimum absolute atomic E-state index is 0.0413. The van der Waals surface area contributed by atoms with Crippen LogP contribution in [0.2, 0.25) is 0 Å². The van der Waals surface area contributed by atoms with E-state index < -0.39 is 11.6 Å². The van der Waals surface area contributed by atoms with E-state index in [0.29, 0.717) is 30.1 Å². The zero-order chi connectivity index (χ0) is 16.8. The van der Waals surface area contributed by atoms with Crippen molar-refractivity contribution in [1.82, 2.24) is 9.88 Å². The van der Waals surface area contributed by atoms with Gasteiger partial charge in [0.05, 0.1) is 0 Å². The van der Waals surface area contributed by atoms with Gasteiger partial charge in [-0.1, -0.05) is 0 Å². The Bertz CT molecular complexity index is 820. The molecule has 6 heteroatoms. The van der Waals surface area contributed by atoms with E-state index in [4.69, 9.17) is 0 Å². The predicted molar refractivity (Wildman–Crippen MR) is 87.7 cm³/mol. The summed E-state index contributed by atoms with van der Waals surface area (Å²) in [6.45, 7) is 3.16. The van der Waals surface area contributed by atoms with E-state index in [1.54, 1.807) is 13.0 Å². The maximum Gasteiger partial charge on any atom is 0.223 e. The van der Waals surface area contributed by atoms with Crippen molar-refractivity contribution >= 4 is 22.5 Å². The number of aryl methyl sites for hydroxylation is 1. The summed E-state index contributed by atoms with van der Waals surface area (Å²) in [6, 6.07) is 4.94. The average molecular weight is 331 g/mol. The molecule has 1 saturated carbocycles. The molecule has 2 fully saturated rings. The zero-order valence-corrected chi connectivity index (χ0v) is 13.5. The van der Waals surface area contributed by atoms with Crippen LogP contribution in [0.3, 0.4) is 0 Å². The van der Waals surface area contributed by atoms with Crippen molar-refractivity contribution in [3.8, 4) is 0 Å². The number of halogens is 2. The number of nitrogens with zero attached hydrogens (tertiary/aromatic N) is 2. The Morgan fingerprint density at radius 2 is 2.12 bits per heavy atom. The number of aromatic nitrogens is 1. The standard InChI is InChI=1S/C18H19F2N3O/c1-10-6-15(13-4-5-14(19)17(20)18(13)22-10)21-8-11-7-16(24)23(9-11)12-2-3-12/h4-6,11-12H,2-3,7-9H2,1H3,(H,21,22). The number of hydrogen-bond acceptors (Lipinski definition) is 3. The fourth-order valence-corrected chi connectivity index (χ4v) is 3.45. The van der Waals surface area contributed by atoms with Crippen LogP contribution in [-0.4, -0.2) is 34.9 Å². The Morgan fingerprint density at radius 1 is 1.33 bits per heavy atom. The molecule has 4 rings (SSSR count). The first-order chi connectivity index (χ1) is 11.5. The molecule has 24 heavy (non-hydrogen) atoms. The molecule has 126 valence electrons. The number of benzene rings is 1. The van der Waals surface area contributed by atoms with Gasteiger partial charge >= 0.3 is 0 Å². The number of rotatable bonds is 4. The van der Waals surface area contributed by atoms with E-state index in [1.165, 1.54) is 0 Å². The van der Waals surface area contributed by atoms with Gasteiger partial charge in [-0.2, -0.15) is 0 Å². The van der Waals surface area contributed by atoms with E-state index in [9.17, 15) is 13.6 Å². The number of hydrogen-bond donors (Lipinski definition) is 1. The van der Waals surface area contributed by atoms with Gasteiger partial charge < -0.3 is 10.2 Å². The molecule has 1 saturated heterocycles. The van der Waals surface area contributed by atoms with Crippen LogP contribution in [0.4, 0.5) is 14.5 Å². The second kappa shape index (κ2) is 5.69. The van der Waals surface area contributed by atoms with E-state index >= 15 is 0 Å². The summed E-state index contributed by atoms with van der Waals surface area (Å²) in [7, 11) is 0. The topological polar surface area (TPSA) is 45.2 Å². The van der Waals surface area contributed by atoms with Gasteiger partial charge in [0.1, 0.15) is 5.52 Å². The zero-order valence-electron chi connectivity index (χ0n) is 13.5. The van der Waals surface area contributed by atoms with Crippen molar-refractivity contribution in [3.63, 3.8) is 0 Å². The summed E-state index contributed by atoms with van der Waals surface area (Å²) >= 11 is 0. The molecule has 1 aromatic carbocycles. The summed E-state index contributed by atoms with van der Waals surface area (Å²) in [5.74, 6) is -1.34.